The summed E-state index contributed by atoms with van der Waals surface area (Å²) >= 11 is 0. The molecule has 0 radical (unpaired) electrons. The Morgan fingerprint density at radius 2 is 2.13 bits per heavy atom. The number of benzene rings is 1. The fourth-order valence-corrected chi connectivity index (χ4v) is 2.95. The van der Waals surface area contributed by atoms with Gasteiger partial charge < -0.3 is 5.32 Å². The fraction of sp³-hybridized carbons (Fsp3) is 0.412. The topological polar surface area (TPSA) is 41.0 Å². The Morgan fingerprint density at radius 1 is 1.26 bits per heavy atom. The summed E-state index contributed by atoms with van der Waals surface area (Å²) in [5, 5.41) is 3.41. The molecule has 0 amide bonds. The molecule has 1 unspecified atom stereocenters. The normalized spacial score (nSPS) is 18.8. The summed E-state index contributed by atoms with van der Waals surface area (Å²) < 4.78 is 26.8. The molecule has 1 aromatic carbocycles. The van der Waals surface area contributed by atoms with E-state index in [0.717, 1.165) is 43.5 Å². The van der Waals surface area contributed by atoms with Gasteiger partial charge in [-0.1, -0.05) is 6.07 Å². The van der Waals surface area contributed by atoms with E-state index in [2.05, 4.69) is 20.2 Å². The molecule has 1 saturated heterocycles. The number of hydrogen-bond donors (Lipinski definition) is 1. The number of halogens is 2. The lowest BCUT2D eigenvalue weighted by Gasteiger charge is -2.33. The van der Waals surface area contributed by atoms with Gasteiger partial charge in [0.15, 0.2) is 0 Å². The number of anilines is 1. The van der Waals surface area contributed by atoms with Crippen molar-refractivity contribution in [2.24, 2.45) is 0 Å². The third-order valence-electron chi connectivity index (χ3n) is 4.07. The summed E-state index contributed by atoms with van der Waals surface area (Å²) in [5.41, 5.74) is 1.45. The molecule has 2 heterocycles. The smallest absolute Gasteiger partial charge is 0.130 e. The van der Waals surface area contributed by atoms with E-state index in [1.165, 1.54) is 12.1 Å². The van der Waals surface area contributed by atoms with E-state index in [4.69, 9.17) is 0 Å². The lowest BCUT2D eigenvalue weighted by molar-refractivity contribution is 0.206. The number of nitrogens with one attached hydrogen (secondary N) is 1. The van der Waals surface area contributed by atoms with Crippen molar-refractivity contribution in [3.05, 3.63) is 53.5 Å². The van der Waals surface area contributed by atoms with Crippen molar-refractivity contribution in [3.8, 4) is 0 Å². The van der Waals surface area contributed by atoms with Crippen LogP contribution >= 0.6 is 0 Å². The van der Waals surface area contributed by atoms with Crippen LogP contribution in [0.25, 0.3) is 0 Å². The van der Waals surface area contributed by atoms with Gasteiger partial charge >= 0.3 is 0 Å². The first-order chi connectivity index (χ1) is 11.1. The first-order valence-corrected chi connectivity index (χ1v) is 7.81. The number of hydrogen-bond acceptors (Lipinski definition) is 4. The average Bonchev–Trinajstić information content (AvgIpc) is 2.51. The lowest BCUT2D eigenvalue weighted by atomic mass is 10.0. The van der Waals surface area contributed by atoms with Crippen LogP contribution in [0, 0.1) is 18.6 Å². The highest BCUT2D eigenvalue weighted by Crippen LogP contribution is 2.18. The Labute approximate surface area is 134 Å². The van der Waals surface area contributed by atoms with Crippen molar-refractivity contribution in [2.45, 2.75) is 32.4 Å². The van der Waals surface area contributed by atoms with Crippen molar-refractivity contribution >= 4 is 5.82 Å². The zero-order chi connectivity index (χ0) is 16.2. The van der Waals surface area contributed by atoms with E-state index in [-0.39, 0.29) is 6.04 Å². The summed E-state index contributed by atoms with van der Waals surface area (Å²) in [7, 11) is 0. The molecule has 1 aromatic heterocycles. The van der Waals surface area contributed by atoms with E-state index < -0.39 is 11.6 Å². The van der Waals surface area contributed by atoms with E-state index >= 15 is 0 Å². The van der Waals surface area contributed by atoms with Gasteiger partial charge in [-0.2, -0.15) is 0 Å². The Balaban J connectivity index is 1.61. The molecular weight excluding hydrogens is 298 g/mol. The second-order valence-electron chi connectivity index (χ2n) is 6.00. The molecule has 0 aliphatic carbocycles. The molecule has 0 bridgehead atoms. The molecule has 23 heavy (non-hydrogen) atoms. The van der Waals surface area contributed by atoms with Gasteiger partial charge in [0, 0.05) is 42.5 Å². The predicted molar refractivity (Wildman–Crippen MR) is 85.0 cm³/mol. The van der Waals surface area contributed by atoms with Gasteiger partial charge in [-0.25, -0.2) is 18.7 Å². The molecule has 0 saturated carbocycles. The third kappa shape index (κ3) is 4.22. The zero-order valence-corrected chi connectivity index (χ0v) is 13.1. The van der Waals surface area contributed by atoms with Crippen LogP contribution in [0.2, 0.25) is 0 Å². The molecule has 6 heteroatoms. The van der Waals surface area contributed by atoms with Crippen molar-refractivity contribution in [3.63, 3.8) is 0 Å². The van der Waals surface area contributed by atoms with Gasteiger partial charge in [-0.05, 0) is 32.4 Å². The second kappa shape index (κ2) is 7.00. The van der Waals surface area contributed by atoms with E-state index in [1.807, 2.05) is 13.0 Å². The number of likely N-dealkylation sites (tertiary alicyclic amines) is 1. The highest BCUT2D eigenvalue weighted by molar-refractivity contribution is 5.35. The molecule has 1 aliphatic heterocycles. The minimum atomic E-state index is -0.538. The Kier molecular flexibility index (Phi) is 4.81. The Morgan fingerprint density at radius 3 is 2.91 bits per heavy atom. The van der Waals surface area contributed by atoms with Crippen LogP contribution in [0.4, 0.5) is 14.6 Å². The van der Waals surface area contributed by atoms with Gasteiger partial charge in [0.2, 0.25) is 0 Å². The molecule has 1 N–H and O–H groups in total. The molecule has 2 aromatic rings. The first kappa shape index (κ1) is 15.8. The first-order valence-electron chi connectivity index (χ1n) is 7.81. The van der Waals surface area contributed by atoms with Gasteiger partial charge in [-0.15, -0.1) is 0 Å². The number of aryl methyl sites for hydroxylation is 1. The van der Waals surface area contributed by atoms with Crippen LogP contribution in [0.15, 0.2) is 30.6 Å². The molecule has 1 aliphatic rings. The maximum absolute atomic E-state index is 13.8. The fourth-order valence-electron chi connectivity index (χ4n) is 2.95. The van der Waals surface area contributed by atoms with Gasteiger partial charge in [-0.3, -0.25) is 4.90 Å². The van der Waals surface area contributed by atoms with E-state index in [9.17, 15) is 8.78 Å². The van der Waals surface area contributed by atoms with Crippen LogP contribution in [0.3, 0.4) is 0 Å². The van der Waals surface area contributed by atoms with Crippen LogP contribution < -0.4 is 5.32 Å². The molecule has 1 atom stereocenters. The summed E-state index contributed by atoms with van der Waals surface area (Å²) in [6.45, 7) is 4.14. The van der Waals surface area contributed by atoms with E-state index in [1.54, 1.807) is 6.33 Å². The number of nitrogens with zero attached hydrogens (tertiary/aromatic N) is 3. The van der Waals surface area contributed by atoms with Crippen LogP contribution in [-0.4, -0.2) is 34.0 Å². The van der Waals surface area contributed by atoms with Crippen LogP contribution in [-0.2, 0) is 6.54 Å². The molecule has 3 rings (SSSR count). The standard InChI is InChI=1S/C17H20F2N4/c1-12-7-17(21-11-20-12)22-15-3-2-6-23(10-15)9-13-4-5-14(18)8-16(13)19/h4-5,7-8,11,15H,2-3,6,9-10H2,1H3,(H,20,21,22). The minimum Gasteiger partial charge on any atom is -0.366 e. The lowest BCUT2D eigenvalue weighted by Crippen LogP contribution is -2.41. The van der Waals surface area contributed by atoms with Gasteiger partial charge in [0.25, 0.3) is 0 Å². The molecule has 4 nitrogen and oxygen atoms in total. The van der Waals surface area contributed by atoms with Crippen molar-refractivity contribution in [2.75, 3.05) is 18.4 Å². The number of rotatable bonds is 4. The van der Waals surface area contributed by atoms with E-state index in [0.29, 0.717) is 12.1 Å². The summed E-state index contributed by atoms with van der Waals surface area (Å²) in [6.07, 6.45) is 3.63. The molecular formula is C17H20F2N4. The highest BCUT2D eigenvalue weighted by atomic mass is 19.1. The second-order valence-corrected chi connectivity index (χ2v) is 6.00. The third-order valence-corrected chi connectivity index (χ3v) is 4.07. The highest BCUT2D eigenvalue weighted by Gasteiger charge is 2.21. The van der Waals surface area contributed by atoms with Gasteiger partial charge in [0.05, 0.1) is 0 Å². The Bertz CT molecular complexity index is 677. The number of piperidine rings is 1. The molecule has 122 valence electrons. The Hall–Kier alpha value is -2.08. The predicted octanol–water partition coefficient (Wildman–Crippen LogP) is 3.14. The summed E-state index contributed by atoms with van der Waals surface area (Å²) in [5.74, 6) is -0.201. The summed E-state index contributed by atoms with van der Waals surface area (Å²) in [6, 6.07) is 5.95. The van der Waals surface area contributed by atoms with Crippen molar-refractivity contribution < 1.29 is 8.78 Å². The van der Waals surface area contributed by atoms with Crippen molar-refractivity contribution in [1.29, 1.82) is 0 Å². The van der Waals surface area contributed by atoms with Gasteiger partial charge in [0.1, 0.15) is 23.8 Å². The zero-order valence-electron chi connectivity index (χ0n) is 13.1. The number of aromatic nitrogens is 2. The largest absolute Gasteiger partial charge is 0.366 e. The van der Waals surface area contributed by atoms with Crippen LogP contribution in [0.5, 0.6) is 0 Å². The summed E-state index contributed by atoms with van der Waals surface area (Å²) in [4.78, 5) is 10.5. The maximum Gasteiger partial charge on any atom is 0.130 e. The SMILES string of the molecule is Cc1cc(NC2CCCN(Cc3ccc(F)cc3F)C2)ncn1. The minimum absolute atomic E-state index is 0.265. The monoisotopic (exact) mass is 318 g/mol. The van der Waals surface area contributed by atoms with Crippen LogP contribution in [0.1, 0.15) is 24.1 Å². The maximum atomic E-state index is 13.8. The average molecular weight is 318 g/mol. The quantitative estimate of drug-likeness (QED) is 0.940. The molecule has 1 fully saturated rings. The van der Waals surface area contributed by atoms with Crippen molar-refractivity contribution in [1.82, 2.24) is 14.9 Å². The molecule has 0 spiro atoms.